The Labute approximate surface area is 150 Å². The van der Waals surface area contributed by atoms with Crippen LogP contribution < -0.4 is 0 Å². The van der Waals surface area contributed by atoms with Gasteiger partial charge in [-0.3, -0.25) is 14.4 Å². The second-order valence-corrected chi connectivity index (χ2v) is 7.91. The van der Waals surface area contributed by atoms with Crippen molar-refractivity contribution in [1.82, 2.24) is 0 Å². The quantitative estimate of drug-likeness (QED) is 0.413. The van der Waals surface area contributed by atoms with Gasteiger partial charge < -0.3 is 14.2 Å². The highest BCUT2D eigenvalue weighted by Gasteiger charge is 2.69. The lowest BCUT2D eigenvalue weighted by atomic mass is 9.69. The Morgan fingerprint density at radius 3 is 2.62 bits per heavy atom. The summed E-state index contributed by atoms with van der Waals surface area (Å²) in [7, 11) is 0. The number of fused-ring (bicyclic) bond motifs is 9. The zero-order valence-corrected chi connectivity index (χ0v) is 14.2. The predicted molar refractivity (Wildman–Crippen MR) is 84.2 cm³/mol. The predicted octanol–water partition coefficient (Wildman–Crippen LogP) is 0.662. The van der Waals surface area contributed by atoms with Crippen LogP contribution in [0.4, 0.5) is 0 Å². The molecule has 5 aliphatic rings. The molecule has 3 saturated carbocycles. The zero-order chi connectivity index (χ0) is 18.0. The van der Waals surface area contributed by atoms with E-state index in [0.717, 1.165) is 6.42 Å². The maximum atomic E-state index is 12.6. The summed E-state index contributed by atoms with van der Waals surface area (Å²) in [6.07, 6.45) is 5.17. The van der Waals surface area contributed by atoms with E-state index in [4.69, 9.17) is 14.2 Å². The molecule has 7 heteroatoms. The van der Waals surface area contributed by atoms with Gasteiger partial charge in [-0.05, 0) is 24.7 Å². The van der Waals surface area contributed by atoms with E-state index < -0.39 is 36.7 Å². The molecule has 8 unspecified atom stereocenters. The topological polar surface area (TPSA) is 96.0 Å². The summed E-state index contributed by atoms with van der Waals surface area (Å²) >= 11 is 0. The smallest absolute Gasteiger partial charge is 0.346 e. The van der Waals surface area contributed by atoms with E-state index in [0.29, 0.717) is 19.4 Å². The summed E-state index contributed by atoms with van der Waals surface area (Å²) in [4.78, 5) is 49.2. The monoisotopic (exact) mass is 360 g/mol. The van der Waals surface area contributed by atoms with E-state index in [1.807, 2.05) is 12.2 Å². The van der Waals surface area contributed by atoms with Crippen LogP contribution in [0.5, 0.6) is 0 Å². The molecule has 0 aromatic carbocycles. The molecule has 0 radical (unpaired) electrons. The van der Waals surface area contributed by atoms with Gasteiger partial charge >= 0.3 is 11.9 Å². The molecule has 1 saturated heterocycles. The fraction of sp³-hybridized carbons (Fsp3) is 0.684. The highest BCUT2D eigenvalue weighted by Crippen LogP contribution is 2.64. The number of carbonyl (C=O) groups is 4. The van der Waals surface area contributed by atoms with E-state index in [9.17, 15) is 19.2 Å². The molecule has 0 N–H and O–H groups in total. The summed E-state index contributed by atoms with van der Waals surface area (Å²) in [6, 6.07) is 0. The summed E-state index contributed by atoms with van der Waals surface area (Å²) in [6.45, 7) is 0.0859. The van der Waals surface area contributed by atoms with Gasteiger partial charge in [-0.1, -0.05) is 12.2 Å². The number of esters is 2. The van der Waals surface area contributed by atoms with Gasteiger partial charge in [0.1, 0.15) is 11.6 Å². The first-order valence-corrected chi connectivity index (χ1v) is 9.30. The largest absolute Gasteiger partial charge is 0.453 e. The van der Waals surface area contributed by atoms with Gasteiger partial charge in [-0.2, -0.15) is 0 Å². The summed E-state index contributed by atoms with van der Waals surface area (Å²) < 4.78 is 15.4. The highest BCUT2D eigenvalue weighted by atomic mass is 16.7. The van der Waals surface area contributed by atoms with Crippen LogP contribution >= 0.6 is 0 Å². The second kappa shape index (κ2) is 5.74. The minimum Gasteiger partial charge on any atom is -0.453 e. The van der Waals surface area contributed by atoms with Crippen molar-refractivity contribution < 1.29 is 33.4 Å². The molecule has 0 aromatic heterocycles. The number of Topliss-reactive ketones (excluding diaryl/α,β-unsaturated/α-hetero) is 2. The fourth-order valence-corrected chi connectivity index (χ4v) is 5.84. The normalized spacial score (nSPS) is 44.6. The van der Waals surface area contributed by atoms with Crippen molar-refractivity contribution in [3.05, 3.63) is 12.2 Å². The first kappa shape index (κ1) is 16.2. The van der Waals surface area contributed by atoms with E-state index in [-0.39, 0.29) is 41.2 Å². The number of hydrogen-bond acceptors (Lipinski definition) is 7. The van der Waals surface area contributed by atoms with Crippen LogP contribution in [0.3, 0.4) is 0 Å². The molecule has 1 aliphatic heterocycles. The first-order valence-electron chi connectivity index (χ1n) is 9.30. The van der Waals surface area contributed by atoms with Crippen LogP contribution in [0.15, 0.2) is 12.2 Å². The van der Waals surface area contributed by atoms with Crippen molar-refractivity contribution in [1.29, 1.82) is 0 Å². The minimum atomic E-state index is -0.643. The van der Waals surface area contributed by atoms with Crippen molar-refractivity contribution in [2.24, 2.45) is 41.4 Å². The molecule has 7 nitrogen and oxygen atoms in total. The molecule has 0 aromatic rings. The highest BCUT2D eigenvalue weighted by molar-refractivity contribution is 6.01. The SMILES string of the molecule is O=C(COC(=O)C1CC2C(=O)C1C1C3C=CC(C3=O)C21)OC1CCCO1. The van der Waals surface area contributed by atoms with Crippen LogP contribution in [0.2, 0.25) is 0 Å². The zero-order valence-electron chi connectivity index (χ0n) is 14.2. The molecule has 8 atom stereocenters. The Bertz CT molecular complexity index is 719. The molecule has 138 valence electrons. The van der Waals surface area contributed by atoms with Gasteiger partial charge in [-0.15, -0.1) is 0 Å². The third kappa shape index (κ3) is 2.16. The minimum absolute atomic E-state index is 0.0588. The van der Waals surface area contributed by atoms with Gasteiger partial charge in [0.15, 0.2) is 6.61 Å². The molecule has 4 bridgehead atoms. The third-order valence-corrected chi connectivity index (χ3v) is 6.76. The van der Waals surface area contributed by atoms with Crippen molar-refractivity contribution in [2.45, 2.75) is 25.6 Å². The molecule has 4 aliphatic carbocycles. The fourth-order valence-electron chi connectivity index (χ4n) is 5.84. The lowest BCUT2D eigenvalue weighted by Gasteiger charge is -2.32. The van der Waals surface area contributed by atoms with E-state index in [1.54, 1.807) is 0 Å². The Morgan fingerprint density at radius 2 is 1.88 bits per heavy atom. The number of carbonyl (C=O) groups excluding carboxylic acids is 4. The Balaban J connectivity index is 1.22. The van der Waals surface area contributed by atoms with Gasteiger partial charge in [0.2, 0.25) is 6.29 Å². The number of ether oxygens (including phenoxy) is 3. The van der Waals surface area contributed by atoms with Gasteiger partial charge in [0, 0.05) is 30.1 Å². The van der Waals surface area contributed by atoms with Crippen LogP contribution in [0.1, 0.15) is 19.3 Å². The van der Waals surface area contributed by atoms with Gasteiger partial charge in [0.05, 0.1) is 12.5 Å². The van der Waals surface area contributed by atoms with Gasteiger partial charge in [-0.25, -0.2) is 4.79 Å². The van der Waals surface area contributed by atoms with E-state index >= 15 is 0 Å². The maximum Gasteiger partial charge on any atom is 0.346 e. The molecule has 0 spiro atoms. The van der Waals surface area contributed by atoms with Crippen molar-refractivity contribution in [2.75, 3.05) is 13.2 Å². The molecule has 1 heterocycles. The average Bonchev–Trinajstić information content (AvgIpc) is 3.42. The Morgan fingerprint density at radius 1 is 1.12 bits per heavy atom. The molecule has 5 rings (SSSR count). The maximum absolute atomic E-state index is 12.6. The number of allylic oxidation sites excluding steroid dienone is 2. The van der Waals surface area contributed by atoms with Crippen LogP contribution in [-0.2, 0) is 33.4 Å². The Kier molecular flexibility index (Phi) is 3.57. The van der Waals surface area contributed by atoms with Crippen molar-refractivity contribution in [3.8, 4) is 0 Å². The van der Waals surface area contributed by atoms with Crippen LogP contribution in [0, 0.1) is 41.4 Å². The molecule has 4 fully saturated rings. The Hall–Kier alpha value is -2.02. The van der Waals surface area contributed by atoms with Crippen LogP contribution in [0.25, 0.3) is 0 Å². The number of ketones is 2. The average molecular weight is 360 g/mol. The summed E-state index contributed by atoms with van der Waals surface area (Å²) in [5.41, 5.74) is 0. The second-order valence-electron chi connectivity index (χ2n) is 7.91. The summed E-state index contributed by atoms with van der Waals surface area (Å²) in [5, 5.41) is 0. The standard InChI is InChI=1S/C19H20O7/c20-12(26-13-2-1-5-24-13)7-25-19(23)11-6-10-14-8-3-4-9(17(8)21)15(14)16(11)18(10)22/h3-4,8-11,13-16H,1-2,5-7H2. The number of rotatable bonds is 4. The van der Waals surface area contributed by atoms with Gasteiger partial charge in [0.25, 0.3) is 0 Å². The third-order valence-electron chi connectivity index (χ3n) is 6.76. The molecular weight excluding hydrogens is 340 g/mol. The van der Waals surface area contributed by atoms with E-state index in [2.05, 4.69) is 0 Å². The number of hydrogen-bond donors (Lipinski definition) is 0. The lowest BCUT2D eigenvalue weighted by molar-refractivity contribution is -0.179. The van der Waals surface area contributed by atoms with Crippen LogP contribution in [-0.4, -0.2) is 43.0 Å². The first-order chi connectivity index (χ1) is 12.6. The van der Waals surface area contributed by atoms with Crippen molar-refractivity contribution >= 4 is 23.5 Å². The van der Waals surface area contributed by atoms with Crippen molar-refractivity contribution in [3.63, 3.8) is 0 Å². The molecule has 0 amide bonds. The lowest BCUT2D eigenvalue weighted by Crippen LogP contribution is -2.36. The molecule has 26 heavy (non-hydrogen) atoms. The van der Waals surface area contributed by atoms with E-state index in [1.165, 1.54) is 0 Å². The molecular formula is C19H20O7. The summed E-state index contributed by atoms with van der Waals surface area (Å²) in [5.74, 6) is -2.52.